The molecule has 0 atom stereocenters. The van der Waals surface area contributed by atoms with Gasteiger partial charge in [-0.15, -0.1) is 0 Å². The molecule has 4 heteroatoms. The molecule has 98 valence electrons. The number of carbonyl (C=O) groups excluding carboxylic acids is 1. The van der Waals surface area contributed by atoms with Crippen LogP contribution in [0, 0.1) is 18.6 Å². The summed E-state index contributed by atoms with van der Waals surface area (Å²) in [6, 6.07) is 7.80. The predicted molar refractivity (Wildman–Crippen MR) is 67.5 cm³/mol. The monoisotopic (exact) mass is 262 g/mol. The number of carbonyl (C=O) groups is 1. The highest BCUT2D eigenvalue weighted by Crippen LogP contribution is 2.21. The Kier molecular flexibility index (Phi) is 3.60. The van der Waals surface area contributed by atoms with E-state index in [-0.39, 0.29) is 5.56 Å². The van der Waals surface area contributed by atoms with Crippen molar-refractivity contribution in [2.24, 2.45) is 0 Å². The summed E-state index contributed by atoms with van der Waals surface area (Å²) in [7, 11) is 1.52. The molecule has 0 saturated heterocycles. The summed E-state index contributed by atoms with van der Waals surface area (Å²) in [6.45, 7) is 1.73. The Morgan fingerprint density at radius 1 is 1.05 bits per heavy atom. The van der Waals surface area contributed by atoms with Gasteiger partial charge in [0.1, 0.15) is 17.4 Å². The summed E-state index contributed by atoms with van der Waals surface area (Å²) in [5.41, 5.74) is 0.897. The van der Waals surface area contributed by atoms with Crippen LogP contribution in [-0.2, 0) is 0 Å². The number of hydrogen-bond donors (Lipinski definition) is 0. The number of benzene rings is 2. The molecule has 2 rings (SSSR count). The Hall–Kier alpha value is -2.23. The van der Waals surface area contributed by atoms with E-state index in [4.69, 9.17) is 4.74 Å². The molecule has 0 fully saturated rings. The Labute approximate surface area is 109 Å². The number of halogens is 2. The molecule has 0 heterocycles. The number of ether oxygens (including phenoxy) is 1. The minimum atomic E-state index is -0.861. The minimum Gasteiger partial charge on any atom is -0.497 e. The average Bonchev–Trinajstić information content (AvgIpc) is 2.37. The van der Waals surface area contributed by atoms with E-state index in [9.17, 15) is 13.6 Å². The third-order valence-electron chi connectivity index (χ3n) is 2.85. The Morgan fingerprint density at radius 2 is 1.74 bits per heavy atom. The van der Waals surface area contributed by atoms with Gasteiger partial charge in [0.05, 0.1) is 12.7 Å². The van der Waals surface area contributed by atoms with E-state index >= 15 is 0 Å². The highest BCUT2D eigenvalue weighted by Gasteiger charge is 2.16. The van der Waals surface area contributed by atoms with Crippen LogP contribution in [0.15, 0.2) is 36.4 Å². The van der Waals surface area contributed by atoms with E-state index in [2.05, 4.69) is 0 Å². The molecule has 0 aromatic heterocycles. The lowest BCUT2D eigenvalue weighted by Crippen LogP contribution is -2.06. The lowest BCUT2D eigenvalue weighted by molar-refractivity contribution is 0.103. The zero-order valence-corrected chi connectivity index (χ0v) is 10.5. The zero-order valence-electron chi connectivity index (χ0n) is 10.5. The molecule has 0 saturated carbocycles. The smallest absolute Gasteiger partial charge is 0.196 e. The summed E-state index contributed by atoms with van der Waals surface area (Å²) >= 11 is 0. The second kappa shape index (κ2) is 5.18. The van der Waals surface area contributed by atoms with Gasteiger partial charge in [-0.3, -0.25) is 4.79 Å². The van der Waals surface area contributed by atoms with E-state index in [1.807, 2.05) is 0 Å². The van der Waals surface area contributed by atoms with Gasteiger partial charge in [-0.1, -0.05) is 0 Å². The third kappa shape index (κ3) is 2.62. The van der Waals surface area contributed by atoms with E-state index in [0.29, 0.717) is 22.9 Å². The topological polar surface area (TPSA) is 26.3 Å². The largest absolute Gasteiger partial charge is 0.497 e. The van der Waals surface area contributed by atoms with Gasteiger partial charge in [0.25, 0.3) is 0 Å². The molecule has 0 amide bonds. The Bertz CT molecular complexity index is 636. The van der Waals surface area contributed by atoms with E-state index in [1.54, 1.807) is 25.1 Å². The first-order valence-electron chi connectivity index (χ1n) is 5.67. The van der Waals surface area contributed by atoms with Gasteiger partial charge < -0.3 is 4.74 Å². The van der Waals surface area contributed by atoms with Crippen LogP contribution < -0.4 is 4.74 Å². The molecular weight excluding hydrogens is 250 g/mol. The van der Waals surface area contributed by atoms with Crippen molar-refractivity contribution in [1.29, 1.82) is 0 Å². The highest BCUT2D eigenvalue weighted by atomic mass is 19.1. The van der Waals surface area contributed by atoms with Crippen molar-refractivity contribution in [2.75, 3.05) is 7.11 Å². The number of rotatable bonds is 3. The Morgan fingerprint density at radius 3 is 2.32 bits per heavy atom. The quantitative estimate of drug-likeness (QED) is 0.791. The van der Waals surface area contributed by atoms with Crippen LogP contribution >= 0.6 is 0 Å². The van der Waals surface area contributed by atoms with Crippen LogP contribution in [0.4, 0.5) is 8.78 Å². The molecule has 0 aliphatic carbocycles. The van der Waals surface area contributed by atoms with Crippen molar-refractivity contribution >= 4 is 5.78 Å². The van der Waals surface area contributed by atoms with Crippen molar-refractivity contribution in [3.05, 3.63) is 64.7 Å². The molecule has 0 bridgehead atoms. The fraction of sp³-hybridized carbons (Fsp3) is 0.133. The third-order valence-corrected chi connectivity index (χ3v) is 2.85. The fourth-order valence-corrected chi connectivity index (χ4v) is 1.84. The first kappa shape index (κ1) is 13.2. The highest BCUT2D eigenvalue weighted by molar-refractivity contribution is 6.10. The van der Waals surface area contributed by atoms with Gasteiger partial charge in [0, 0.05) is 11.6 Å². The van der Waals surface area contributed by atoms with Gasteiger partial charge in [0.2, 0.25) is 0 Å². The standard InChI is InChI=1S/C15H12F2O2/c1-9-7-11(19-2)4-6-12(9)15(18)13-5-3-10(16)8-14(13)17/h3-8H,1-2H3. The van der Waals surface area contributed by atoms with Crippen molar-refractivity contribution in [3.8, 4) is 5.75 Å². The van der Waals surface area contributed by atoms with Gasteiger partial charge >= 0.3 is 0 Å². The van der Waals surface area contributed by atoms with Crippen molar-refractivity contribution in [1.82, 2.24) is 0 Å². The fourth-order valence-electron chi connectivity index (χ4n) is 1.84. The molecule has 2 aromatic rings. The minimum absolute atomic E-state index is 0.144. The van der Waals surface area contributed by atoms with Crippen LogP contribution in [0.25, 0.3) is 0 Å². The Balaban J connectivity index is 2.44. The number of methoxy groups -OCH3 is 1. The maximum atomic E-state index is 13.6. The lowest BCUT2D eigenvalue weighted by Gasteiger charge is -2.08. The summed E-state index contributed by atoms with van der Waals surface area (Å²) in [5.74, 6) is -1.42. The first-order valence-corrected chi connectivity index (χ1v) is 5.67. The van der Waals surface area contributed by atoms with E-state index in [0.717, 1.165) is 12.1 Å². The molecule has 0 aliphatic rings. The van der Waals surface area contributed by atoms with Crippen LogP contribution in [0.2, 0.25) is 0 Å². The summed E-state index contributed by atoms with van der Waals surface area (Å²) < 4.78 is 31.4. The summed E-state index contributed by atoms with van der Waals surface area (Å²) in [4.78, 5) is 12.2. The van der Waals surface area contributed by atoms with Gasteiger partial charge in [-0.25, -0.2) is 8.78 Å². The van der Waals surface area contributed by atoms with Crippen molar-refractivity contribution < 1.29 is 18.3 Å². The number of hydrogen-bond acceptors (Lipinski definition) is 2. The maximum Gasteiger partial charge on any atom is 0.196 e. The van der Waals surface area contributed by atoms with Crippen LogP contribution in [0.3, 0.4) is 0 Å². The van der Waals surface area contributed by atoms with Crippen molar-refractivity contribution in [2.45, 2.75) is 6.92 Å². The molecule has 0 radical (unpaired) electrons. The number of ketones is 1. The molecule has 0 N–H and O–H groups in total. The van der Waals surface area contributed by atoms with Gasteiger partial charge in [0.15, 0.2) is 5.78 Å². The SMILES string of the molecule is COc1ccc(C(=O)c2ccc(F)cc2F)c(C)c1. The van der Waals surface area contributed by atoms with E-state index in [1.165, 1.54) is 7.11 Å². The van der Waals surface area contributed by atoms with Crippen LogP contribution in [-0.4, -0.2) is 12.9 Å². The molecule has 2 aromatic carbocycles. The summed E-state index contributed by atoms with van der Waals surface area (Å²) in [6.07, 6.45) is 0. The van der Waals surface area contributed by atoms with Gasteiger partial charge in [-0.2, -0.15) is 0 Å². The normalized spacial score (nSPS) is 10.3. The first-order chi connectivity index (χ1) is 9.02. The van der Waals surface area contributed by atoms with Crippen LogP contribution in [0.5, 0.6) is 5.75 Å². The second-order valence-corrected chi connectivity index (χ2v) is 4.13. The zero-order chi connectivity index (χ0) is 14.0. The lowest BCUT2D eigenvalue weighted by atomic mass is 9.98. The van der Waals surface area contributed by atoms with Crippen LogP contribution in [0.1, 0.15) is 21.5 Å². The molecule has 19 heavy (non-hydrogen) atoms. The maximum absolute atomic E-state index is 13.6. The molecule has 0 unspecified atom stereocenters. The van der Waals surface area contributed by atoms with E-state index < -0.39 is 17.4 Å². The average molecular weight is 262 g/mol. The molecule has 0 spiro atoms. The second-order valence-electron chi connectivity index (χ2n) is 4.13. The van der Waals surface area contributed by atoms with Crippen molar-refractivity contribution in [3.63, 3.8) is 0 Å². The van der Waals surface area contributed by atoms with Gasteiger partial charge in [-0.05, 0) is 42.8 Å². The molecular formula is C15H12F2O2. The number of aryl methyl sites for hydroxylation is 1. The molecule has 2 nitrogen and oxygen atoms in total. The predicted octanol–water partition coefficient (Wildman–Crippen LogP) is 3.51. The summed E-state index contributed by atoms with van der Waals surface area (Å²) in [5, 5.41) is 0. The molecule has 0 aliphatic heterocycles.